The van der Waals surface area contributed by atoms with E-state index in [0.29, 0.717) is 5.37 Å². The minimum Gasteiger partial charge on any atom is -0.277 e. The van der Waals surface area contributed by atoms with E-state index in [1.807, 2.05) is 11.8 Å². The predicted molar refractivity (Wildman–Crippen MR) is 34.8 cm³/mol. The molecule has 0 aromatic carbocycles. The Morgan fingerprint density at radius 1 is 1.88 bits per heavy atom. The molecular weight excluding hydrogens is 122 g/mol. The van der Waals surface area contributed by atoms with Crippen LogP contribution in [0, 0.1) is 0 Å². The van der Waals surface area contributed by atoms with Crippen LogP contribution < -0.4 is 5.43 Å². The zero-order valence-electron chi connectivity index (χ0n) is 4.79. The summed E-state index contributed by atoms with van der Waals surface area (Å²) in [6.45, 7) is 2.96. The molecular formula is C4H9N3S. The van der Waals surface area contributed by atoms with E-state index < -0.39 is 0 Å². The van der Waals surface area contributed by atoms with Crippen molar-refractivity contribution in [3.8, 4) is 0 Å². The van der Waals surface area contributed by atoms with Crippen LogP contribution >= 0.6 is 11.8 Å². The van der Waals surface area contributed by atoms with Crippen LogP contribution in [0.25, 0.3) is 0 Å². The van der Waals surface area contributed by atoms with Crippen molar-refractivity contribution in [2.45, 2.75) is 12.3 Å². The van der Waals surface area contributed by atoms with Gasteiger partial charge in [-0.15, -0.1) is 11.8 Å². The highest BCUT2D eigenvalue weighted by Gasteiger charge is 2.09. The van der Waals surface area contributed by atoms with Gasteiger partial charge in [-0.3, -0.25) is 5.43 Å². The second kappa shape index (κ2) is 2.91. The number of thioether (sulfide) groups is 1. The summed E-state index contributed by atoms with van der Waals surface area (Å²) in [4.78, 5) is 0. The van der Waals surface area contributed by atoms with Crippen LogP contribution in [0.4, 0.5) is 0 Å². The zero-order valence-corrected chi connectivity index (χ0v) is 5.61. The minimum absolute atomic E-state index is 0.444. The van der Waals surface area contributed by atoms with Crippen molar-refractivity contribution in [2.24, 2.45) is 10.3 Å². The summed E-state index contributed by atoms with van der Waals surface area (Å²) in [5, 5.41) is 7.86. The highest BCUT2D eigenvalue weighted by Crippen LogP contribution is 2.10. The molecule has 0 aromatic rings. The summed E-state index contributed by atoms with van der Waals surface area (Å²) in [5.74, 6) is 1.13. The van der Waals surface area contributed by atoms with Gasteiger partial charge in [0, 0.05) is 0 Å². The smallest absolute Gasteiger partial charge is 0.112 e. The van der Waals surface area contributed by atoms with Crippen LogP contribution in [-0.2, 0) is 0 Å². The lowest BCUT2D eigenvalue weighted by atomic mass is 10.7. The lowest BCUT2D eigenvalue weighted by Crippen LogP contribution is -2.17. The van der Waals surface area contributed by atoms with Crippen LogP contribution in [0.2, 0.25) is 0 Å². The largest absolute Gasteiger partial charge is 0.277 e. The molecule has 1 rings (SSSR count). The number of hydrogen-bond donors (Lipinski definition) is 1. The summed E-state index contributed by atoms with van der Waals surface area (Å²) in [6, 6.07) is 0. The number of rotatable bonds is 2. The maximum atomic E-state index is 3.78. The first-order valence-corrected chi connectivity index (χ1v) is 3.72. The Labute approximate surface area is 52.9 Å². The maximum absolute atomic E-state index is 3.78. The number of hydrogen-bond acceptors (Lipinski definition) is 4. The average Bonchev–Trinajstić information content (AvgIpc) is 2.19. The molecule has 3 nitrogen and oxygen atoms in total. The molecule has 0 aliphatic carbocycles. The Morgan fingerprint density at radius 3 is 3.25 bits per heavy atom. The molecule has 0 aromatic heterocycles. The first kappa shape index (κ1) is 5.88. The third-order valence-corrected chi connectivity index (χ3v) is 1.88. The first-order valence-electron chi connectivity index (χ1n) is 2.67. The van der Waals surface area contributed by atoms with Crippen LogP contribution in [0.3, 0.4) is 0 Å². The van der Waals surface area contributed by atoms with Crippen LogP contribution in [-0.4, -0.2) is 17.7 Å². The highest BCUT2D eigenvalue weighted by molar-refractivity contribution is 7.99. The molecule has 0 fully saturated rings. The fraction of sp³-hybridized carbons (Fsp3) is 1.00. The summed E-state index contributed by atoms with van der Waals surface area (Å²) >= 11 is 1.84. The minimum atomic E-state index is 0.444. The van der Waals surface area contributed by atoms with E-state index >= 15 is 0 Å². The third kappa shape index (κ3) is 1.36. The molecule has 0 bridgehead atoms. The van der Waals surface area contributed by atoms with Gasteiger partial charge in [0.15, 0.2) is 0 Å². The fourth-order valence-corrected chi connectivity index (χ4v) is 1.25. The molecule has 1 aliphatic rings. The van der Waals surface area contributed by atoms with Crippen molar-refractivity contribution in [1.82, 2.24) is 5.43 Å². The normalized spacial score (nSPS) is 25.9. The molecule has 46 valence electrons. The fourth-order valence-electron chi connectivity index (χ4n) is 0.552. The van der Waals surface area contributed by atoms with Gasteiger partial charge in [0.25, 0.3) is 0 Å². The Hall–Kier alpha value is -0.250. The molecule has 0 spiro atoms. The molecule has 8 heavy (non-hydrogen) atoms. The van der Waals surface area contributed by atoms with E-state index in [2.05, 4.69) is 22.7 Å². The van der Waals surface area contributed by atoms with Crippen molar-refractivity contribution < 1.29 is 0 Å². The third-order valence-electron chi connectivity index (χ3n) is 0.888. The van der Waals surface area contributed by atoms with Gasteiger partial charge >= 0.3 is 0 Å². The molecule has 1 heterocycles. The van der Waals surface area contributed by atoms with Gasteiger partial charge in [0.2, 0.25) is 0 Å². The van der Waals surface area contributed by atoms with Crippen molar-refractivity contribution in [1.29, 1.82) is 0 Å². The Morgan fingerprint density at radius 2 is 2.75 bits per heavy atom. The van der Waals surface area contributed by atoms with E-state index in [4.69, 9.17) is 0 Å². The SMILES string of the molecule is CCSC1CN=NN1. The second-order valence-electron chi connectivity index (χ2n) is 1.50. The molecule has 4 heteroatoms. The summed E-state index contributed by atoms with van der Waals surface area (Å²) in [6.07, 6.45) is 0. The first-order chi connectivity index (χ1) is 3.93. The molecule has 1 unspecified atom stereocenters. The second-order valence-corrected chi connectivity index (χ2v) is 2.98. The van der Waals surface area contributed by atoms with E-state index in [1.165, 1.54) is 0 Å². The van der Waals surface area contributed by atoms with Gasteiger partial charge in [-0.2, -0.15) is 5.11 Å². The molecule has 0 saturated carbocycles. The van der Waals surface area contributed by atoms with E-state index in [-0.39, 0.29) is 0 Å². The summed E-state index contributed by atoms with van der Waals surface area (Å²) in [5.41, 5.74) is 2.88. The maximum Gasteiger partial charge on any atom is 0.112 e. The molecule has 0 saturated heterocycles. The number of nitrogens with zero attached hydrogens (tertiary/aromatic N) is 2. The van der Waals surface area contributed by atoms with Gasteiger partial charge in [-0.05, 0) is 5.75 Å². The van der Waals surface area contributed by atoms with Crippen molar-refractivity contribution >= 4 is 11.8 Å². The standard InChI is InChI=1S/C4H9N3S/c1-2-8-4-3-5-7-6-4/h4H,2-3H2,1H3,(H,5,6). The molecule has 1 aliphatic heterocycles. The molecule has 1 atom stereocenters. The predicted octanol–water partition coefficient (Wildman–Crippen LogP) is 1.04. The topological polar surface area (TPSA) is 36.8 Å². The van der Waals surface area contributed by atoms with Crippen molar-refractivity contribution in [3.63, 3.8) is 0 Å². The van der Waals surface area contributed by atoms with Gasteiger partial charge in [-0.1, -0.05) is 12.1 Å². The van der Waals surface area contributed by atoms with Crippen LogP contribution in [0.5, 0.6) is 0 Å². The lowest BCUT2D eigenvalue weighted by molar-refractivity contribution is 0.782. The summed E-state index contributed by atoms with van der Waals surface area (Å²) < 4.78 is 0. The van der Waals surface area contributed by atoms with Crippen LogP contribution in [0.1, 0.15) is 6.92 Å². The van der Waals surface area contributed by atoms with Crippen LogP contribution in [0.15, 0.2) is 10.3 Å². The Kier molecular flexibility index (Phi) is 2.14. The lowest BCUT2D eigenvalue weighted by Gasteiger charge is -2.02. The van der Waals surface area contributed by atoms with Gasteiger partial charge in [0.1, 0.15) is 5.37 Å². The highest BCUT2D eigenvalue weighted by atomic mass is 32.2. The zero-order chi connectivity index (χ0) is 5.82. The van der Waals surface area contributed by atoms with Gasteiger partial charge < -0.3 is 0 Å². The monoisotopic (exact) mass is 131 g/mol. The van der Waals surface area contributed by atoms with E-state index in [1.54, 1.807) is 0 Å². The Bertz CT molecular complexity index is 85.3. The van der Waals surface area contributed by atoms with Gasteiger partial charge in [-0.25, -0.2) is 0 Å². The quantitative estimate of drug-likeness (QED) is 0.607. The molecule has 1 N–H and O–H groups in total. The van der Waals surface area contributed by atoms with Crippen molar-refractivity contribution in [2.75, 3.05) is 12.3 Å². The molecule has 0 amide bonds. The Balaban J connectivity index is 2.10. The van der Waals surface area contributed by atoms with Crippen molar-refractivity contribution in [3.05, 3.63) is 0 Å². The molecule has 0 radical (unpaired) electrons. The average molecular weight is 131 g/mol. The summed E-state index contributed by atoms with van der Waals surface area (Å²) in [7, 11) is 0. The van der Waals surface area contributed by atoms with Gasteiger partial charge in [0.05, 0.1) is 6.54 Å². The number of nitrogens with one attached hydrogen (secondary N) is 1. The van der Waals surface area contributed by atoms with E-state index in [0.717, 1.165) is 12.3 Å². The van der Waals surface area contributed by atoms with E-state index in [9.17, 15) is 0 Å².